The van der Waals surface area contributed by atoms with Crippen molar-refractivity contribution in [3.05, 3.63) is 76.8 Å². The summed E-state index contributed by atoms with van der Waals surface area (Å²) in [5.41, 5.74) is 6.18. The van der Waals surface area contributed by atoms with E-state index in [0.717, 1.165) is 5.56 Å². The summed E-state index contributed by atoms with van der Waals surface area (Å²) in [4.78, 5) is 40.3. The van der Waals surface area contributed by atoms with Gasteiger partial charge in [-0.3, -0.25) is 29.8 Å². The van der Waals surface area contributed by atoms with E-state index < -0.39 is 0 Å². The lowest BCUT2D eigenvalue weighted by Crippen LogP contribution is -2.42. The SMILES string of the molecule is O=C(CCCn1cnc2ccccc2c1=O)NNC(=O)Cc1ccccc1. The molecule has 0 saturated carbocycles. The molecule has 1 aromatic heterocycles. The highest BCUT2D eigenvalue weighted by Crippen LogP contribution is 2.05. The van der Waals surface area contributed by atoms with Gasteiger partial charge in [-0.25, -0.2) is 4.98 Å². The molecule has 0 radical (unpaired) electrons. The first-order valence-corrected chi connectivity index (χ1v) is 8.69. The lowest BCUT2D eigenvalue weighted by atomic mass is 10.1. The van der Waals surface area contributed by atoms with E-state index in [1.807, 2.05) is 36.4 Å². The summed E-state index contributed by atoms with van der Waals surface area (Å²) in [6, 6.07) is 16.4. The molecule has 0 aliphatic carbocycles. The number of fused-ring (bicyclic) bond motifs is 1. The molecule has 0 bridgehead atoms. The van der Waals surface area contributed by atoms with Crippen LogP contribution in [-0.2, 0) is 22.6 Å². The highest BCUT2D eigenvalue weighted by atomic mass is 16.2. The highest BCUT2D eigenvalue weighted by Gasteiger charge is 2.07. The van der Waals surface area contributed by atoms with Crippen molar-refractivity contribution in [2.24, 2.45) is 0 Å². The van der Waals surface area contributed by atoms with E-state index in [4.69, 9.17) is 0 Å². The predicted octanol–water partition coefficient (Wildman–Crippen LogP) is 1.57. The van der Waals surface area contributed by atoms with Crippen molar-refractivity contribution in [1.29, 1.82) is 0 Å². The molecule has 2 N–H and O–H groups in total. The Morgan fingerprint density at radius 3 is 2.44 bits per heavy atom. The molecule has 0 atom stereocenters. The minimum Gasteiger partial charge on any atom is -0.299 e. The summed E-state index contributed by atoms with van der Waals surface area (Å²) < 4.78 is 1.49. The largest absolute Gasteiger partial charge is 0.299 e. The third-order valence-electron chi connectivity index (χ3n) is 4.08. The van der Waals surface area contributed by atoms with Gasteiger partial charge in [0.1, 0.15) is 0 Å². The summed E-state index contributed by atoms with van der Waals surface area (Å²) in [6.45, 7) is 0.377. The molecule has 2 amide bonds. The van der Waals surface area contributed by atoms with E-state index >= 15 is 0 Å². The van der Waals surface area contributed by atoms with Crippen LogP contribution >= 0.6 is 0 Å². The summed E-state index contributed by atoms with van der Waals surface area (Å²) in [6.07, 6.45) is 2.33. The lowest BCUT2D eigenvalue weighted by molar-refractivity contribution is -0.128. The van der Waals surface area contributed by atoms with Crippen LogP contribution in [0.15, 0.2) is 65.7 Å². The second kappa shape index (κ2) is 8.75. The smallest absolute Gasteiger partial charge is 0.261 e. The molecule has 0 aliphatic rings. The van der Waals surface area contributed by atoms with Crippen molar-refractivity contribution in [3.8, 4) is 0 Å². The zero-order valence-electron chi connectivity index (χ0n) is 14.7. The topological polar surface area (TPSA) is 93.1 Å². The number of carbonyl (C=O) groups excluding carboxylic acids is 2. The molecular weight excluding hydrogens is 344 g/mol. The number of carbonyl (C=O) groups is 2. The van der Waals surface area contributed by atoms with Crippen LogP contribution in [0.25, 0.3) is 10.9 Å². The number of hydrazine groups is 1. The number of aromatic nitrogens is 2. The Labute approximate surface area is 156 Å². The maximum atomic E-state index is 12.4. The van der Waals surface area contributed by atoms with Crippen molar-refractivity contribution < 1.29 is 9.59 Å². The van der Waals surface area contributed by atoms with Crippen LogP contribution in [0.2, 0.25) is 0 Å². The number of nitrogens with zero attached hydrogens (tertiary/aromatic N) is 2. The Balaban J connectivity index is 1.44. The molecular formula is C20H20N4O3. The lowest BCUT2D eigenvalue weighted by Gasteiger charge is -2.08. The second-order valence-corrected chi connectivity index (χ2v) is 6.12. The Bertz CT molecular complexity index is 999. The van der Waals surface area contributed by atoms with E-state index in [-0.39, 0.29) is 30.2 Å². The second-order valence-electron chi connectivity index (χ2n) is 6.12. The molecule has 3 aromatic rings. The Morgan fingerprint density at radius 2 is 1.63 bits per heavy atom. The van der Waals surface area contributed by atoms with Crippen molar-refractivity contribution in [1.82, 2.24) is 20.4 Å². The first-order valence-electron chi connectivity index (χ1n) is 8.69. The molecule has 138 valence electrons. The molecule has 3 rings (SSSR count). The van der Waals surface area contributed by atoms with Crippen molar-refractivity contribution in [2.45, 2.75) is 25.8 Å². The van der Waals surface area contributed by atoms with Crippen molar-refractivity contribution in [3.63, 3.8) is 0 Å². The van der Waals surface area contributed by atoms with Crippen LogP contribution in [0.5, 0.6) is 0 Å². The maximum Gasteiger partial charge on any atom is 0.261 e. The number of rotatable bonds is 6. The number of para-hydroxylation sites is 1. The van der Waals surface area contributed by atoms with Gasteiger partial charge in [0.25, 0.3) is 5.56 Å². The van der Waals surface area contributed by atoms with Gasteiger partial charge in [-0.2, -0.15) is 0 Å². The van der Waals surface area contributed by atoms with Gasteiger partial charge in [0.05, 0.1) is 23.7 Å². The standard InChI is InChI=1S/C20H20N4O3/c25-18(22-23-19(26)13-15-7-2-1-3-8-15)11-6-12-24-14-21-17-10-5-4-9-16(17)20(24)27/h1-5,7-10,14H,6,11-13H2,(H,22,25)(H,23,26). The molecule has 27 heavy (non-hydrogen) atoms. The first kappa shape index (κ1) is 18.3. The van der Waals surface area contributed by atoms with Crippen molar-refractivity contribution in [2.75, 3.05) is 0 Å². The van der Waals surface area contributed by atoms with E-state index in [1.165, 1.54) is 10.9 Å². The van der Waals surface area contributed by atoms with Gasteiger partial charge in [-0.05, 0) is 24.1 Å². The fourth-order valence-electron chi connectivity index (χ4n) is 2.70. The predicted molar refractivity (Wildman–Crippen MR) is 102 cm³/mol. The average Bonchev–Trinajstić information content (AvgIpc) is 2.69. The zero-order valence-corrected chi connectivity index (χ0v) is 14.7. The minimum atomic E-state index is -0.307. The van der Waals surface area contributed by atoms with E-state index in [2.05, 4.69) is 15.8 Å². The normalized spacial score (nSPS) is 10.5. The fourth-order valence-corrected chi connectivity index (χ4v) is 2.70. The summed E-state index contributed by atoms with van der Waals surface area (Å²) in [5, 5.41) is 0.553. The van der Waals surface area contributed by atoms with E-state index in [9.17, 15) is 14.4 Å². The monoisotopic (exact) mass is 364 g/mol. The van der Waals surface area contributed by atoms with Crippen molar-refractivity contribution >= 4 is 22.7 Å². The average molecular weight is 364 g/mol. The number of benzene rings is 2. The van der Waals surface area contributed by atoms with Crippen LogP contribution in [0, 0.1) is 0 Å². The molecule has 2 aromatic carbocycles. The van der Waals surface area contributed by atoms with Gasteiger partial charge in [0, 0.05) is 13.0 Å². The van der Waals surface area contributed by atoms with Gasteiger partial charge >= 0.3 is 0 Å². The molecule has 7 heteroatoms. The number of amides is 2. The number of nitrogens with one attached hydrogen (secondary N) is 2. The van der Waals surface area contributed by atoms with Crippen LogP contribution < -0.4 is 16.4 Å². The Morgan fingerprint density at radius 1 is 0.926 bits per heavy atom. The van der Waals surface area contributed by atoms with Gasteiger partial charge < -0.3 is 0 Å². The fraction of sp³-hybridized carbons (Fsp3) is 0.200. The highest BCUT2D eigenvalue weighted by molar-refractivity contribution is 5.83. The Hall–Kier alpha value is -3.48. The summed E-state index contributed by atoms with van der Waals surface area (Å²) in [7, 11) is 0. The molecule has 0 aliphatic heterocycles. The van der Waals surface area contributed by atoms with Gasteiger partial charge in [-0.1, -0.05) is 42.5 Å². The molecule has 7 nitrogen and oxygen atoms in total. The first-order chi connectivity index (χ1) is 13.1. The molecule has 0 saturated heterocycles. The number of hydrogen-bond donors (Lipinski definition) is 2. The quantitative estimate of drug-likeness (QED) is 0.649. The summed E-state index contributed by atoms with van der Waals surface area (Å²) in [5.74, 6) is -0.595. The van der Waals surface area contributed by atoms with Gasteiger partial charge in [0.15, 0.2) is 0 Å². The number of hydrogen-bond acceptors (Lipinski definition) is 4. The third kappa shape index (κ3) is 5.01. The molecule has 0 unspecified atom stereocenters. The molecule has 1 heterocycles. The minimum absolute atomic E-state index is 0.128. The van der Waals surface area contributed by atoms with Gasteiger partial charge in [-0.15, -0.1) is 0 Å². The zero-order chi connectivity index (χ0) is 19.1. The van der Waals surface area contributed by atoms with Crippen LogP contribution in [0.3, 0.4) is 0 Å². The van der Waals surface area contributed by atoms with Gasteiger partial charge in [0.2, 0.25) is 11.8 Å². The number of aryl methyl sites for hydroxylation is 1. The van der Waals surface area contributed by atoms with E-state index in [0.29, 0.717) is 23.9 Å². The molecule has 0 fully saturated rings. The Kier molecular flexibility index (Phi) is 5.94. The van der Waals surface area contributed by atoms with E-state index in [1.54, 1.807) is 18.2 Å². The maximum absolute atomic E-state index is 12.4. The molecule has 0 spiro atoms. The summed E-state index contributed by atoms with van der Waals surface area (Å²) >= 11 is 0. The van der Waals surface area contributed by atoms with Crippen LogP contribution in [0.4, 0.5) is 0 Å². The van der Waals surface area contributed by atoms with Crippen LogP contribution in [0.1, 0.15) is 18.4 Å². The van der Waals surface area contributed by atoms with Crippen LogP contribution in [-0.4, -0.2) is 21.4 Å². The third-order valence-corrected chi connectivity index (χ3v) is 4.08.